The molecule has 6 nitrogen and oxygen atoms in total. The van der Waals surface area contributed by atoms with E-state index in [9.17, 15) is 13.2 Å². The smallest absolute Gasteiger partial charge is 0.257 e. The Balaban J connectivity index is 1.56. The fraction of sp³-hybridized carbons (Fsp3) is 0.480. The van der Waals surface area contributed by atoms with Gasteiger partial charge in [-0.05, 0) is 79.8 Å². The molecule has 2 aliphatic rings. The van der Waals surface area contributed by atoms with Crippen molar-refractivity contribution in [3.05, 3.63) is 58.7 Å². The molecule has 1 unspecified atom stereocenters. The lowest BCUT2D eigenvalue weighted by atomic mass is 9.98. The molecule has 0 saturated carbocycles. The maximum absolute atomic E-state index is 13.2. The number of nitrogens with one attached hydrogen (secondary N) is 1. The van der Waals surface area contributed by atoms with Crippen LogP contribution in [0.3, 0.4) is 0 Å². The Bertz CT molecular complexity index is 1100. The first-order valence-electron chi connectivity index (χ1n) is 11.4. The highest BCUT2D eigenvalue weighted by Gasteiger charge is 2.27. The maximum atomic E-state index is 13.2. The van der Waals surface area contributed by atoms with Crippen LogP contribution in [0.5, 0.6) is 5.75 Å². The average molecular weight is 457 g/mol. The number of amides is 1. The van der Waals surface area contributed by atoms with E-state index in [2.05, 4.69) is 23.8 Å². The molecule has 0 spiro atoms. The highest BCUT2D eigenvalue weighted by molar-refractivity contribution is 7.89. The van der Waals surface area contributed by atoms with Gasteiger partial charge >= 0.3 is 0 Å². The van der Waals surface area contributed by atoms with E-state index in [1.54, 1.807) is 11.0 Å². The standard InChI is InChI=1S/C25H32N2O4S/c1-17-11-13-27(14-12-17)25(28)23-16-22(9-10-24(23)31-3)32(29,30)26-18(2)20-8-7-19-5-4-6-21(19)15-20/h7-10,15-18,26H,4-6,11-14H2,1-3H3. The van der Waals surface area contributed by atoms with Crippen molar-refractivity contribution < 1.29 is 17.9 Å². The molecule has 1 atom stereocenters. The van der Waals surface area contributed by atoms with Gasteiger partial charge in [0, 0.05) is 19.1 Å². The Morgan fingerprint density at radius 3 is 2.53 bits per heavy atom. The van der Waals surface area contributed by atoms with Gasteiger partial charge in [0.2, 0.25) is 10.0 Å². The second kappa shape index (κ2) is 9.24. The molecule has 7 heteroatoms. The zero-order valence-electron chi connectivity index (χ0n) is 19.1. The van der Waals surface area contributed by atoms with Gasteiger partial charge in [0.25, 0.3) is 5.91 Å². The predicted molar refractivity (Wildman–Crippen MR) is 124 cm³/mol. The number of hydrogen-bond acceptors (Lipinski definition) is 4. The number of methoxy groups -OCH3 is 1. The zero-order chi connectivity index (χ0) is 22.9. The van der Waals surface area contributed by atoms with Crippen LogP contribution in [-0.2, 0) is 22.9 Å². The van der Waals surface area contributed by atoms with Crippen LogP contribution < -0.4 is 9.46 Å². The van der Waals surface area contributed by atoms with E-state index in [0.717, 1.165) is 37.7 Å². The summed E-state index contributed by atoms with van der Waals surface area (Å²) >= 11 is 0. The molecule has 172 valence electrons. The van der Waals surface area contributed by atoms with Crippen LogP contribution in [0.4, 0.5) is 0 Å². The van der Waals surface area contributed by atoms with Gasteiger partial charge in [-0.15, -0.1) is 0 Å². The van der Waals surface area contributed by atoms with Gasteiger partial charge in [-0.3, -0.25) is 4.79 Å². The topological polar surface area (TPSA) is 75.7 Å². The number of likely N-dealkylation sites (tertiary alicyclic amines) is 1. The molecule has 1 amide bonds. The van der Waals surface area contributed by atoms with Gasteiger partial charge in [0.15, 0.2) is 0 Å². The predicted octanol–water partition coefficient (Wildman–Crippen LogP) is 4.10. The minimum Gasteiger partial charge on any atom is -0.496 e. The van der Waals surface area contributed by atoms with E-state index in [-0.39, 0.29) is 22.4 Å². The SMILES string of the molecule is COc1ccc(S(=O)(=O)NC(C)c2ccc3c(c2)CCC3)cc1C(=O)N1CCC(C)CC1. The van der Waals surface area contributed by atoms with Crippen molar-refractivity contribution in [2.24, 2.45) is 5.92 Å². The quantitative estimate of drug-likeness (QED) is 0.710. The summed E-state index contributed by atoms with van der Waals surface area (Å²) in [6.07, 6.45) is 5.19. The summed E-state index contributed by atoms with van der Waals surface area (Å²) in [5, 5.41) is 0. The summed E-state index contributed by atoms with van der Waals surface area (Å²) < 4.78 is 34.5. The number of carbonyl (C=O) groups is 1. The summed E-state index contributed by atoms with van der Waals surface area (Å²) in [5.74, 6) is 0.800. The van der Waals surface area contributed by atoms with Crippen LogP contribution >= 0.6 is 0 Å². The van der Waals surface area contributed by atoms with Gasteiger partial charge in [-0.2, -0.15) is 0 Å². The van der Waals surface area contributed by atoms with Crippen LogP contribution in [0.25, 0.3) is 0 Å². The third-order valence-corrected chi connectivity index (χ3v) is 8.28. The molecule has 0 radical (unpaired) electrons. The zero-order valence-corrected chi connectivity index (χ0v) is 19.9. The first-order valence-corrected chi connectivity index (χ1v) is 12.9. The minimum atomic E-state index is -3.82. The van der Waals surface area contributed by atoms with Crippen molar-refractivity contribution in [2.45, 2.75) is 56.9 Å². The second-order valence-electron chi connectivity index (χ2n) is 9.06. The lowest BCUT2D eigenvalue weighted by molar-refractivity contribution is 0.0693. The minimum absolute atomic E-state index is 0.0695. The number of fused-ring (bicyclic) bond motifs is 1. The Labute approximate surface area is 191 Å². The van der Waals surface area contributed by atoms with Gasteiger partial charge in [0.1, 0.15) is 5.75 Å². The summed E-state index contributed by atoms with van der Waals surface area (Å²) in [7, 11) is -2.33. The molecule has 1 aliphatic carbocycles. The molecule has 1 N–H and O–H groups in total. The van der Waals surface area contributed by atoms with Gasteiger partial charge < -0.3 is 9.64 Å². The summed E-state index contributed by atoms with van der Waals surface area (Å²) in [4.78, 5) is 15.0. The highest BCUT2D eigenvalue weighted by Crippen LogP contribution is 2.29. The Morgan fingerprint density at radius 1 is 1.09 bits per heavy atom. The molecule has 1 fully saturated rings. The van der Waals surface area contributed by atoms with Gasteiger partial charge in [0.05, 0.1) is 17.6 Å². The molecule has 2 aromatic rings. The van der Waals surface area contributed by atoms with E-state index < -0.39 is 10.0 Å². The number of hydrogen-bond donors (Lipinski definition) is 1. The molecule has 1 heterocycles. The number of aryl methyl sites for hydroxylation is 2. The highest BCUT2D eigenvalue weighted by atomic mass is 32.2. The molecule has 1 saturated heterocycles. The first kappa shape index (κ1) is 22.8. The van der Waals surface area contributed by atoms with Crippen molar-refractivity contribution in [2.75, 3.05) is 20.2 Å². The van der Waals surface area contributed by atoms with Crippen molar-refractivity contribution in [1.29, 1.82) is 0 Å². The number of benzene rings is 2. The summed E-state index contributed by atoms with van der Waals surface area (Å²) in [5.41, 5.74) is 3.90. The number of sulfonamides is 1. The molecule has 0 aromatic heterocycles. The van der Waals surface area contributed by atoms with E-state index in [1.165, 1.54) is 30.4 Å². The lowest BCUT2D eigenvalue weighted by Crippen LogP contribution is -2.38. The van der Waals surface area contributed by atoms with E-state index >= 15 is 0 Å². The van der Waals surface area contributed by atoms with Crippen LogP contribution in [0.15, 0.2) is 41.3 Å². The van der Waals surface area contributed by atoms with Crippen LogP contribution in [-0.4, -0.2) is 39.4 Å². The Morgan fingerprint density at radius 2 is 1.81 bits per heavy atom. The molecular weight excluding hydrogens is 424 g/mol. The lowest BCUT2D eigenvalue weighted by Gasteiger charge is -2.30. The molecule has 32 heavy (non-hydrogen) atoms. The van der Waals surface area contributed by atoms with Crippen LogP contribution in [0, 0.1) is 5.92 Å². The van der Waals surface area contributed by atoms with Crippen LogP contribution in [0.2, 0.25) is 0 Å². The summed E-state index contributed by atoms with van der Waals surface area (Å²) in [6.45, 7) is 5.38. The first-order chi connectivity index (χ1) is 15.3. The number of rotatable bonds is 6. The van der Waals surface area contributed by atoms with Crippen molar-refractivity contribution in [3.63, 3.8) is 0 Å². The van der Waals surface area contributed by atoms with E-state index in [0.29, 0.717) is 24.8 Å². The number of piperidine rings is 1. The van der Waals surface area contributed by atoms with E-state index in [4.69, 9.17) is 4.74 Å². The third kappa shape index (κ3) is 4.69. The van der Waals surface area contributed by atoms with Gasteiger partial charge in [-0.1, -0.05) is 25.1 Å². The molecule has 1 aliphatic heterocycles. The fourth-order valence-corrected chi connectivity index (χ4v) is 5.89. The Hall–Kier alpha value is -2.38. The number of ether oxygens (including phenoxy) is 1. The number of nitrogens with zero attached hydrogens (tertiary/aromatic N) is 1. The second-order valence-corrected chi connectivity index (χ2v) is 10.8. The maximum Gasteiger partial charge on any atom is 0.257 e. The summed E-state index contributed by atoms with van der Waals surface area (Å²) in [6, 6.07) is 10.3. The largest absolute Gasteiger partial charge is 0.496 e. The third-order valence-electron chi connectivity index (χ3n) is 6.74. The fourth-order valence-electron chi connectivity index (χ4n) is 4.63. The average Bonchev–Trinajstić information content (AvgIpc) is 3.26. The van der Waals surface area contributed by atoms with Crippen molar-refractivity contribution in [3.8, 4) is 5.75 Å². The Kier molecular flexibility index (Phi) is 6.58. The molecular formula is C25H32N2O4S. The monoisotopic (exact) mass is 456 g/mol. The molecule has 0 bridgehead atoms. The normalized spacial score (nSPS) is 17.8. The van der Waals surface area contributed by atoms with Crippen molar-refractivity contribution >= 4 is 15.9 Å². The molecule has 4 rings (SSSR count). The van der Waals surface area contributed by atoms with E-state index in [1.807, 2.05) is 13.0 Å². The molecule has 2 aromatic carbocycles. The number of carbonyl (C=O) groups excluding carboxylic acids is 1. The van der Waals surface area contributed by atoms with Gasteiger partial charge in [-0.25, -0.2) is 13.1 Å². The van der Waals surface area contributed by atoms with Crippen LogP contribution in [0.1, 0.15) is 66.2 Å². The van der Waals surface area contributed by atoms with Crippen molar-refractivity contribution in [1.82, 2.24) is 9.62 Å².